The molecule has 0 atom stereocenters. The second kappa shape index (κ2) is 5.95. The van der Waals surface area contributed by atoms with Crippen LogP contribution in [0.4, 0.5) is 14.5 Å². The third-order valence-electron chi connectivity index (χ3n) is 2.06. The monoisotopic (exact) mass is 231 g/mol. The summed E-state index contributed by atoms with van der Waals surface area (Å²) in [5, 5.41) is 0. The first kappa shape index (κ1) is 12.3. The molecule has 0 saturated heterocycles. The van der Waals surface area contributed by atoms with E-state index in [2.05, 4.69) is 6.92 Å². The van der Waals surface area contributed by atoms with Crippen LogP contribution in [0.1, 0.15) is 26.2 Å². The Morgan fingerprint density at radius 1 is 1.27 bits per heavy atom. The minimum absolute atomic E-state index is 0.0536. The summed E-state index contributed by atoms with van der Waals surface area (Å²) in [5.74, 6) is -0.395. The van der Waals surface area contributed by atoms with Crippen LogP contribution >= 0.6 is 11.8 Å². The van der Waals surface area contributed by atoms with Gasteiger partial charge in [0.05, 0.1) is 5.69 Å². The standard InChI is InChI=1S/C11H15F2NS/c1-2-3-4-5-15-10-7-8(12)6-9(13)11(10)14/h6-7H,2-5,14H2,1H3. The van der Waals surface area contributed by atoms with E-state index in [9.17, 15) is 8.78 Å². The number of unbranched alkanes of at least 4 members (excludes halogenated alkanes) is 2. The van der Waals surface area contributed by atoms with Crippen molar-refractivity contribution in [2.24, 2.45) is 0 Å². The van der Waals surface area contributed by atoms with Gasteiger partial charge in [-0.3, -0.25) is 0 Å². The molecule has 1 rings (SSSR count). The van der Waals surface area contributed by atoms with Crippen molar-refractivity contribution in [3.8, 4) is 0 Å². The van der Waals surface area contributed by atoms with Crippen LogP contribution in [0.15, 0.2) is 17.0 Å². The van der Waals surface area contributed by atoms with Crippen molar-refractivity contribution in [2.45, 2.75) is 31.1 Å². The predicted molar refractivity (Wildman–Crippen MR) is 61.0 cm³/mol. The molecule has 0 aromatic heterocycles. The van der Waals surface area contributed by atoms with Crippen molar-refractivity contribution in [2.75, 3.05) is 11.5 Å². The predicted octanol–water partition coefficient (Wildman–Crippen LogP) is 3.83. The average Bonchev–Trinajstić information content (AvgIpc) is 2.19. The normalized spacial score (nSPS) is 10.6. The summed E-state index contributed by atoms with van der Waals surface area (Å²) < 4.78 is 25.9. The molecule has 0 aliphatic rings. The van der Waals surface area contributed by atoms with E-state index in [1.807, 2.05) is 0 Å². The molecular formula is C11H15F2NS. The molecule has 15 heavy (non-hydrogen) atoms. The molecule has 0 aliphatic heterocycles. The highest BCUT2D eigenvalue weighted by Gasteiger charge is 2.08. The van der Waals surface area contributed by atoms with E-state index < -0.39 is 11.6 Å². The number of benzene rings is 1. The zero-order valence-corrected chi connectivity index (χ0v) is 9.54. The molecule has 0 saturated carbocycles. The largest absolute Gasteiger partial charge is 0.395 e. The number of thioether (sulfide) groups is 1. The number of halogens is 2. The maximum atomic E-state index is 13.0. The van der Waals surface area contributed by atoms with Crippen molar-refractivity contribution >= 4 is 17.4 Å². The molecule has 84 valence electrons. The Morgan fingerprint density at radius 3 is 2.67 bits per heavy atom. The van der Waals surface area contributed by atoms with Gasteiger partial charge in [0.25, 0.3) is 0 Å². The molecule has 0 aliphatic carbocycles. The number of hydrogen-bond donors (Lipinski definition) is 1. The first-order chi connectivity index (χ1) is 7.15. The van der Waals surface area contributed by atoms with E-state index in [0.717, 1.165) is 31.1 Å². The Bertz CT molecular complexity index is 329. The highest BCUT2D eigenvalue weighted by molar-refractivity contribution is 7.99. The van der Waals surface area contributed by atoms with E-state index in [4.69, 9.17) is 5.73 Å². The van der Waals surface area contributed by atoms with E-state index in [-0.39, 0.29) is 5.69 Å². The third-order valence-corrected chi connectivity index (χ3v) is 3.20. The Morgan fingerprint density at radius 2 is 2.00 bits per heavy atom. The number of hydrogen-bond acceptors (Lipinski definition) is 2. The SMILES string of the molecule is CCCCCSc1cc(F)cc(F)c1N. The van der Waals surface area contributed by atoms with Crippen LogP contribution < -0.4 is 5.73 Å². The lowest BCUT2D eigenvalue weighted by atomic mass is 10.3. The molecule has 4 heteroatoms. The van der Waals surface area contributed by atoms with Crippen LogP contribution in [0.2, 0.25) is 0 Å². The Balaban J connectivity index is 2.60. The van der Waals surface area contributed by atoms with E-state index in [1.54, 1.807) is 0 Å². The fourth-order valence-corrected chi connectivity index (χ4v) is 2.23. The maximum Gasteiger partial charge on any atom is 0.150 e. The highest BCUT2D eigenvalue weighted by Crippen LogP contribution is 2.29. The van der Waals surface area contributed by atoms with Crippen molar-refractivity contribution in [3.05, 3.63) is 23.8 Å². The first-order valence-electron chi connectivity index (χ1n) is 5.02. The number of anilines is 1. The average molecular weight is 231 g/mol. The lowest BCUT2D eigenvalue weighted by Gasteiger charge is -2.06. The van der Waals surface area contributed by atoms with Gasteiger partial charge in [0.2, 0.25) is 0 Å². The smallest absolute Gasteiger partial charge is 0.150 e. The Hall–Kier alpha value is -0.770. The third kappa shape index (κ3) is 3.70. The summed E-state index contributed by atoms with van der Waals surface area (Å²) >= 11 is 1.41. The molecular weight excluding hydrogens is 216 g/mol. The summed E-state index contributed by atoms with van der Waals surface area (Å²) in [7, 11) is 0. The molecule has 1 aromatic carbocycles. The van der Waals surface area contributed by atoms with Gasteiger partial charge in [0.15, 0.2) is 0 Å². The van der Waals surface area contributed by atoms with Crippen LogP contribution in [-0.4, -0.2) is 5.75 Å². The Labute approximate surface area is 93.1 Å². The lowest BCUT2D eigenvalue weighted by Crippen LogP contribution is -1.95. The van der Waals surface area contributed by atoms with Crippen LogP contribution in [0.25, 0.3) is 0 Å². The van der Waals surface area contributed by atoms with E-state index in [0.29, 0.717) is 4.90 Å². The molecule has 0 amide bonds. The maximum absolute atomic E-state index is 13.0. The molecule has 0 spiro atoms. The van der Waals surface area contributed by atoms with Crippen LogP contribution in [0, 0.1) is 11.6 Å². The van der Waals surface area contributed by atoms with E-state index >= 15 is 0 Å². The van der Waals surface area contributed by atoms with Gasteiger partial charge in [0, 0.05) is 11.0 Å². The molecule has 0 fully saturated rings. The van der Waals surface area contributed by atoms with Crippen molar-refractivity contribution in [1.82, 2.24) is 0 Å². The van der Waals surface area contributed by atoms with Crippen LogP contribution in [0.3, 0.4) is 0 Å². The van der Waals surface area contributed by atoms with Crippen molar-refractivity contribution in [1.29, 1.82) is 0 Å². The molecule has 0 bridgehead atoms. The summed E-state index contributed by atoms with van der Waals surface area (Å²) in [6.07, 6.45) is 3.30. The lowest BCUT2D eigenvalue weighted by molar-refractivity contribution is 0.581. The van der Waals surface area contributed by atoms with E-state index in [1.165, 1.54) is 17.8 Å². The topological polar surface area (TPSA) is 26.0 Å². The summed E-state index contributed by atoms with van der Waals surface area (Å²) in [4.78, 5) is 0.503. The second-order valence-corrected chi connectivity index (χ2v) is 4.49. The van der Waals surface area contributed by atoms with Crippen LogP contribution in [0.5, 0.6) is 0 Å². The number of rotatable bonds is 5. The summed E-state index contributed by atoms with van der Waals surface area (Å²) in [6.45, 7) is 2.11. The minimum atomic E-state index is -0.673. The zero-order valence-electron chi connectivity index (χ0n) is 8.72. The van der Waals surface area contributed by atoms with Gasteiger partial charge in [-0.15, -0.1) is 11.8 Å². The number of nitrogen functional groups attached to an aromatic ring is 1. The van der Waals surface area contributed by atoms with Crippen molar-refractivity contribution in [3.63, 3.8) is 0 Å². The highest BCUT2D eigenvalue weighted by atomic mass is 32.2. The molecule has 0 heterocycles. The van der Waals surface area contributed by atoms with Gasteiger partial charge >= 0.3 is 0 Å². The fraction of sp³-hybridized carbons (Fsp3) is 0.455. The van der Waals surface area contributed by atoms with Gasteiger partial charge in [-0.2, -0.15) is 0 Å². The molecule has 1 nitrogen and oxygen atoms in total. The van der Waals surface area contributed by atoms with Crippen molar-refractivity contribution < 1.29 is 8.78 Å². The van der Waals surface area contributed by atoms with Crippen LogP contribution in [-0.2, 0) is 0 Å². The van der Waals surface area contributed by atoms with Gasteiger partial charge in [0.1, 0.15) is 11.6 Å². The molecule has 1 aromatic rings. The van der Waals surface area contributed by atoms with Gasteiger partial charge in [-0.25, -0.2) is 8.78 Å². The summed E-state index contributed by atoms with van der Waals surface area (Å²) in [6, 6.07) is 2.10. The Kier molecular flexibility index (Phi) is 4.88. The number of nitrogens with two attached hydrogens (primary N) is 1. The first-order valence-corrected chi connectivity index (χ1v) is 6.01. The minimum Gasteiger partial charge on any atom is -0.395 e. The molecule has 0 radical (unpaired) electrons. The van der Waals surface area contributed by atoms with Gasteiger partial charge in [-0.1, -0.05) is 19.8 Å². The summed E-state index contributed by atoms with van der Waals surface area (Å²) in [5.41, 5.74) is 5.56. The second-order valence-electron chi connectivity index (χ2n) is 3.35. The zero-order chi connectivity index (χ0) is 11.3. The quantitative estimate of drug-likeness (QED) is 0.473. The molecule has 2 N–H and O–H groups in total. The van der Waals surface area contributed by atoms with Gasteiger partial charge in [-0.05, 0) is 18.2 Å². The fourth-order valence-electron chi connectivity index (χ4n) is 1.21. The van der Waals surface area contributed by atoms with Gasteiger partial charge < -0.3 is 5.73 Å². The molecule has 0 unspecified atom stereocenters.